The smallest absolute Gasteiger partial charge is 0.00729 e. The first-order valence-corrected chi connectivity index (χ1v) is 4.52. The number of hydrogen-bond donors (Lipinski definition) is 1. The third-order valence-electron chi connectivity index (χ3n) is 3.50. The molecule has 0 aromatic rings. The summed E-state index contributed by atoms with van der Waals surface area (Å²) in [6, 6.07) is 0.785. The van der Waals surface area contributed by atoms with E-state index < -0.39 is 0 Å². The largest absolute Gasteiger partial charge is 0.313 e. The molecule has 1 N–H and O–H groups in total. The van der Waals surface area contributed by atoms with Crippen LogP contribution >= 0.6 is 0 Å². The standard InChI is InChI=1S/C9H17N/c1-3-8-7(2)10-6-9(8)4-5-9/h7-8,10H,3-6H2,1-2H3. The highest BCUT2D eigenvalue weighted by Gasteiger charge is 2.53. The molecule has 2 unspecified atom stereocenters. The predicted molar refractivity (Wildman–Crippen MR) is 42.9 cm³/mol. The summed E-state index contributed by atoms with van der Waals surface area (Å²) in [5.41, 5.74) is 0.772. The molecular weight excluding hydrogens is 122 g/mol. The molecule has 1 saturated heterocycles. The van der Waals surface area contributed by atoms with Gasteiger partial charge < -0.3 is 5.32 Å². The maximum atomic E-state index is 3.57. The Morgan fingerprint density at radius 3 is 2.60 bits per heavy atom. The lowest BCUT2D eigenvalue weighted by molar-refractivity contribution is 0.345. The first-order valence-electron chi connectivity index (χ1n) is 4.52. The molecule has 1 spiro atoms. The highest BCUT2D eigenvalue weighted by Crippen LogP contribution is 2.56. The Morgan fingerprint density at radius 2 is 2.20 bits per heavy atom. The maximum absolute atomic E-state index is 3.57. The van der Waals surface area contributed by atoms with Crippen LogP contribution in [0.5, 0.6) is 0 Å². The van der Waals surface area contributed by atoms with Crippen molar-refractivity contribution >= 4 is 0 Å². The maximum Gasteiger partial charge on any atom is 0.00729 e. The van der Waals surface area contributed by atoms with Crippen LogP contribution < -0.4 is 5.32 Å². The Hall–Kier alpha value is -0.0400. The number of hydrogen-bond acceptors (Lipinski definition) is 1. The van der Waals surface area contributed by atoms with Gasteiger partial charge in [-0.25, -0.2) is 0 Å². The van der Waals surface area contributed by atoms with Crippen molar-refractivity contribution in [3.63, 3.8) is 0 Å². The van der Waals surface area contributed by atoms with E-state index in [0.29, 0.717) is 0 Å². The minimum atomic E-state index is 0.772. The molecule has 2 atom stereocenters. The van der Waals surface area contributed by atoms with Gasteiger partial charge in [-0.1, -0.05) is 13.3 Å². The summed E-state index contributed by atoms with van der Waals surface area (Å²) >= 11 is 0. The van der Waals surface area contributed by atoms with Crippen LogP contribution in [0.1, 0.15) is 33.1 Å². The van der Waals surface area contributed by atoms with Crippen LogP contribution in [-0.2, 0) is 0 Å². The van der Waals surface area contributed by atoms with Gasteiger partial charge in [-0.2, -0.15) is 0 Å². The van der Waals surface area contributed by atoms with Gasteiger partial charge in [0, 0.05) is 12.6 Å². The molecule has 0 aromatic carbocycles. The van der Waals surface area contributed by atoms with Crippen molar-refractivity contribution in [3.8, 4) is 0 Å². The molecule has 1 heterocycles. The second kappa shape index (κ2) is 1.97. The summed E-state index contributed by atoms with van der Waals surface area (Å²) in [4.78, 5) is 0. The Morgan fingerprint density at radius 1 is 1.50 bits per heavy atom. The fraction of sp³-hybridized carbons (Fsp3) is 1.00. The second-order valence-corrected chi connectivity index (χ2v) is 4.05. The van der Waals surface area contributed by atoms with Crippen LogP contribution in [-0.4, -0.2) is 12.6 Å². The van der Waals surface area contributed by atoms with Crippen molar-refractivity contribution in [3.05, 3.63) is 0 Å². The summed E-state index contributed by atoms with van der Waals surface area (Å²) < 4.78 is 0. The molecule has 10 heavy (non-hydrogen) atoms. The highest BCUT2D eigenvalue weighted by atomic mass is 15.0. The molecule has 1 heteroatoms. The first kappa shape index (κ1) is 6.66. The van der Waals surface area contributed by atoms with E-state index in [2.05, 4.69) is 19.2 Å². The van der Waals surface area contributed by atoms with E-state index in [9.17, 15) is 0 Å². The fourth-order valence-electron chi connectivity index (χ4n) is 2.66. The zero-order chi connectivity index (χ0) is 7.19. The molecule has 58 valence electrons. The van der Waals surface area contributed by atoms with Crippen molar-refractivity contribution in [1.82, 2.24) is 5.32 Å². The summed E-state index contributed by atoms with van der Waals surface area (Å²) in [7, 11) is 0. The normalized spacial score (nSPS) is 42.6. The van der Waals surface area contributed by atoms with E-state index >= 15 is 0 Å². The van der Waals surface area contributed by atoms with E-state index in [0.717, 1.165) is 17.4 Å². The van der Waals surface area contributed by atoms with Gasteiger partial charge in [0.15, 0.2) is 0 Å². The Labute approximate surface area is 63.2 Å². The van der Waals surface area contributed by atoms with Gasteiger partial charge >= 0.3 is 0 Å². The molecular formula is C9H17N. The monoisotopic (exact) mass is 139 g/mol. The lowest BCUT2D eigenvalue weighted by atomic mass is 9.86. The van der Waals surface area contributed by atoms with E-state index in [4.69, 9.17) is 0 Å². The van der Waals surface area contributed by atoms with Gasteiger partial charge in [-0.3, -0.25) is 0 Å². The predicted octanol–water partition coefficient (Wildman–Crippen LogP) is 1.78. The third-order valence-corrected chi connectivity index (χ3v) is 3.50. The van der Waals surface area contributed by atoms with Crippen LogP contribution in [0, 0.1) is 11.3 Å². The Balaban J connectivity index is 2.10. The molecule has 1 aliphatic carbocycles. The summed E-state index contributed by atoms with van der Waals surface area (Å²) in [6.07, 6.45) is 4.35. The van der Waals surface area contributed by atoms with Crippen LogP contribution in [0.15, 0.2) is 0 Å². The Bertz CT molecular complexity index is 138. The van der Waals surface area contributed by atoms with Gasteiger partial charge in [-0.05, 0) is 31.1 Å². The van der Waals surface area contributed by atoms with Gasteiger partial charge in [0.25, 0.3) is 0 Å². The van der Waals surface area contributed by atoms with E-state index in [1.807, 2.05) is 0 Å². The molecule has 2 aliphatic rings. The van der Waals surface area contributed by atoms with Crippen molar-refractivity contribution in [1.29, 1.82) is 0 Å². The third kappa shape index (κ3) is 0.731. The average Bonchev–Trinajstić information content (AvgIpc) is 2.60. The zero-order valence-electron chi connectivity index (χ0n) is 6.98. The quantitative estimate of drug-likeness (QED) is 0.584. The molecule has 0 bridgehead atoms. The molecule has 2 fully saturated rings. The van der Waals surface area contributed by atoms with E-state index in [1.165, 1.54) is 25.8 Å². The molecule has 0 aromatic heterocycles. The summed E-state index contributed by atoms with van der Waals surface area (Å²) in [5.74, 6) is 0.979. The van der Waals surface area contributed by atoms with Gasteiger partial charge in [0.1, 0.15) is 0 Å². The molecule has 0 radical (unpaired) electrons. The molecule has 0 amide bonds. The fourth-order valence-corrected chi connectivity index (χ4v) is 2.66. The summed E-state index contributed by atoms with van der Waals surface area (Å²) in [5, 5.41) is 3.57. The summed E-state index contributed by atoms with van der Waals surface area (Å²) in [6.45, 7) is 5.96. The van der Waals surface area contributed by atoms with Crippen LogP contribution in [0.2, 0.25) is 0 Å². The molecule has 1 aliphatic heterocycles. The molecule has 1 nitrogen and oxygen atoms in total. The molecule has 1 saturated carbocycles. The molecule has 2 rings (SSSR count). The number of rotatable bonds is 1. The number of nitrogens with one attached hydrogen (secondary N) is 1. The Kier molecular flexibility index (Phi) is 1.31. The highest BCUT2D eigenvalue weighted by molar-refractivity contribution is 5.07. The van der Waals surface area contributed by atoms with Crippen molar-refractivity contribution < 1.29 is 0 Å². The van der Waals surface area contributed by atoms with Crippen LogP contribution in [0.4, 0.5) is 0 Å². The van der Waals surface area contributed by atoms with E-state index in [-0.39, 0.29) is 0 Å². The van der Waals surface area contributed by atoms with Crippen molar-refractivity contribution in [2.24, 2.45) is 11.3 Å². The lowest BCUT2D eigenvalue weighted by Gasteiger charge is -2.18. The van der Waals surface area contributed by atoms with Crippen LogP contribution in [0.3, 0.4) is 0 Å². The van der Waals surface area contributed by atoms with Crippen molar-refractivity contribution in [2.45, 2.75) is 39.2 Å². The SMILES string of the molecule is CCC1C(C)NCC12CC2. The zero-order valence-corrected chi connectivity index (χ0v) is 6.98. The van der Waals surface area contributed by atoms with Gasteiger partial charge in [0.05, 0.1) is 0 Å². The topological polar surface area (TPSA) is 12.0 Å². The van der Waals surface area contributed by atoms with Gasteiger partial charge in [0.2, 0.25) is 0 Å². The van der Waals surface area contributed by atoms with Crippen LogP contribution in [0.25, 0.3) is 0 Å². The van der Waals surface area contributed by atoms with Crippen molar-refractivity contribution in [2.75, 3.05) is 6.54 Å². The minimum Gasteiger partial charge on any atom is -0.313 e. The van der Waals surface area contributed by atoms with E-state index in [1.54, 1.807) is 0 Å². The average molecular weight is 139 g/mol. The minimum absolute atomic E-state index is 0.772. The lowest BCUT2D eigenvalue weighted by Crippen LogP contribution is -2.22. The second-order valence-electron chi connectivity index (χ2n) is 4.05. The van der Waals surface area contributed by atoms with Gasteiger partial charge in [-0.15, -0.1) is 0 Å². The first-order chi connectivity index (χ1) is 4.78.